The number of hydrogen-bond acceptors (Lipinski definition) is 13. The molecule has 3 heterocycles. The van der Waals surface area contributed by atoms with E-state index in [0.717, 1.165) is 23.4 Å². The minimum Gasteiger partial charge on any atom is -0.478 e. The predicted octanol–water partition coefficient (Wildman–Crippen LogP) is -0.791. The fourth-order valence-electron chi connectivity index (χ4n) is 3.00. The van der Waals surface area contributed by atoms with Crippen molar-refractivity contribution in [2.45, 2.75) is 38.0 Å². The largest absolute Gasteiger partial charge is 0.478 e. The number of esters is 1. The highest BCUT2D eigenvalue weighted by molar-refractivity contribution is 8.00. The Bertz CT molecular complexity index is 1150. The number of ether oxygens (including phenoxy) is 1. The number of hydrogen-bond donors (Lipinski definition) is 4. The molecule has 1 saturated heterocycles. The highest BCUT2D eigenvalue weighted by atomic mass is 32.2. The number of carbonyl (C=O) groups excluding carboxylic acids is 3. The molecular weight excluding hydrogens is 508 g/mol. The summed E-state index contributed by atoms with van der Waals surface area (Å²) in [4.78, 5) is 70.3. The number of nitrogen functional groups attached to an aromatic ring is 1. The first-order valence-electron chi connectivity index (χ1n) is 9.78. The van der Waals surface area contributed by atoms with Crippen LogP contribution in [0.1, 0.15) is 26.6 Å². The number of nitrogens with one attached hydrogen (secondary N) is 1. The maximum atomic E-state index is 13.1. The van der Waals surface area contributed by atoms with Gasteiger partial charge < -0.3 is 30.8 Å². The van der Waals surface area contributed by atoms with Gasteiger partial charge in [-0.15, -0.1) is 11.8 Å². The van der Waals surface area contributed by atoms with Gasteiger partial charge in [-0.1, -0.05) is 5.16 Å². The normalized spacial score (nSPS) is 20.7. The van der Waals surface area contributed by atoms with E-state index in [1.54, 1.807) is 0 Å². The van der Waals surface area contributed by atoms with Gasteiger partial charge in [-0.05, 0) is 19.9 Å². The minimum atomic E-state index is -1.83. The van der Waals surface area contributed by atoms with Crippen LogP contribution in [0.25, 0.3) is 0 Å². The van der Waals surface area contributed by atoms with Gasteiger partial charge in [0.2, 0.25) is 23.0 Å². The van der Waals surface area contributed by atoms with Crippen molar-refractivity contribution >= 4 is 63.9 Å². The van der Waals surface area contributed by atoms with Gasteiger partial charge in [0.15, 0.2) is 11.4 Å². The minimum absolute atomic E-state index is 0.0223. The summed E-state index contributed by atoms with van der Waals surface area (Å²) >= 11 is 1.95. The van der Waals surface area contributed by atoms with Crippen LogP contribution in [0.4, 0.5) is 5.13 Å². The molecule has 3 atom stereocenters. The number of nitrogens with zero attached hydrogens (tertiary/aromatic N) is 4. The number of fused-ring (bicyclic) bond motifs is 1. The fourth-order valence-corrected chi connectivity index (χ4v) is 4.72. The first-order chi connectivity index (χ1) is 16.3. The van der Waals surface area contributed by atoms with Crippen molar-refractivity contribution in [3.05, 3.63) is 17.6 Å². The molecule has 1 unspecified atom stereocenters. The second kappa shape index (κ2) is 9.87. The summed E-state index contributed by atoms with van der Waals surface area (Å²) in [6.45, 7) is 3.44. The number of aliphatic carboxylic acids is 2. The number of rotatable bonds is 9. The Morgan fingerprint density at radius 2 is 2.03 bits per heavy atom. The molecule has 15 nitrogen and oxygen atoms in total. The van der Waals surface area contributed by atoms with Gasteiger partial charge >= 0.3 is 17.9 Å². The number of nitrogens with two attached hydrogens (primary N) is 1. The van der Waals surface area contributed by atoms with Gasteiger partial charge in [-0.2, -0.15) is 9.36 Å². The van der Waals surface area contributed by atoms with Crippen molar-refractivity contribution in [1.82, 2.24) is 19.6 Å². The van der Waals surface area contributed by atoms with Gasteiger partial charge in [-0.25, -0.2) is 9.59 Å². The number of carboxylic acid groups (broad SMARTS) is 2. The molecule has 0 saturated carbocycles. The monoisotopic (exact) mass is 528 g/mol. The Balaban J connectivity index is 1.89. The first-order valence-corrected chi connectivity index (χ1v) is 11.6. The van der Waals surface area contributed by atoms with Gasteiger partial charge in [0.05, 0.1) is 0 Å². The van der Waals surface area contributed by atoms with E-state index >= 15 is 0 Å². The van der Waals surface area contributed by atoms with Crippen LogP contribution in [0.15, 0.2) is 16.9 Å². The smallest absolute Gasteiger partial charge is 0.352 e. The maximum absolute atomic E-state index is 13.1. The average molecular weight is 529 g/mol. The van der Waals surface area contributed by atoms with Crippen LogP contribution >= 0.6 is 23.3 Å². The molecule has 1 aromatic rings. The molecule has 3 rings (SSSR count). The molecule has 2 aliphatic rings. The molecule has 0 aliphatic carbocycles. The molecule has 1 fully saturated rings. The van der Waals surface area contributed by atoms with Crippen molar-refractivity contribution in [2.24, 2.45) is 11.1 Å². The molecule has 0 bridgehead atoms. The molecule has 2 amide bonds. The summed E-state index contributed by atoms with van der Waals surface area (Å²) in [7, 11) is 0. The second-order valence-corrected chi connectivity index (χ2v) is 9.59. The SMILES string of the molecule is CC(=O)OC(NC(=O)/C(=N\OC(C)(C)C(=O)O)c1nsc(N)n1)[C@H]1C(=O)N2C(C(=O)O)=CCS[C@@H]12. The van der Waals surface area contributed by atoms with E-state index < -0.39 is 58.6 Å². The lowest BCUT2D eigenvalue weighted by Crippen LogP contribution is -2.67. The standard InChI is InChI=1S/C18H20N6O9S2/c1-6(25)32-12(8-13(27)24-7(15(28)29)4-5-34-14(8)24)21-11(26)9(10-20-17(19)35-23-10)22-33-18(2,3)16(30)31/h4,8,12,14H,5H2,1-3H3,(H,21,26)(H,28,29)(H,30,31)(H2,19,20,23)/b22-9-/t8-,12?,14-/m0/s1. The van der Waals surface area contributed by atoms with Crippen LogP contribution in [0.5, 0.6) is 0 Å². The lowest BCUT2D eigenvalue weighted by Gasteiger charge is -2.50. The topological polar surface area (TPSA) is 224 Å². The van der Waals surface area contributed by atoms with Gasteiger partial charge in [0.25, 0.3) is 5.91 Å². The third-order valence-corrected chi connectivity index (χ3v) is 6.50. The van der Waals surface area contributed by atoms with Crippen LogP contribution in [0.3, 0.4) is 0 Å². The number of carboxylic acids is 2. The molecule has 1 aromatic heterocycles. The maximum Gasteiger partial charge on any atom is 0.352 e. The summed E-state index contributed by atoms with van der Waals surface area (Å²) in [5.41, 5.74) is 2.94. The lowest BCUT2D eigenvalue weighted by molar-refractivity contribution is -0.170. The lowest BCUT2D eigenvalue weighted by atomic mass is 9.94. The van der Waals surface area contributed by atoms with E-state index in [-0.39, 0.29) is 22.4 Å². The zero-order valence-electron chi connectivity index (χ0n) is 18.5. The third kappa shape index (κ3) is 5.35. The van der Waals surface area contributed by atoms with E-state index in [2.05, 4.69) is 19.8 Å². The Labute approximate surface area is 205 Å². The average Bonchev–Trinajstić information content (AvgIpc) is 3.18. The number of amides is 2. The number of β-lactam (4-membered cyclic amide) rings is 1. The quantitative estimate of drug-likeness (QED) is 0.101. The summed E-state index contributed by atoms with van der Waals surface area (Å²) in [5, 5.41) is 23.8. The molecule has 0 aromatic carbocycles. The highest BCUT2D eigenvalue weighted by Gasteiger charge is 2.57. The molecule has 188 valence electrons. The van der Waals surface area contributed by atoms with E-state index in [0.29, 0.717) is 0 Å². The summed E-state index contributed by atoms with van der Waals surface area (Å²) < 4.78 is 9.03. The van der Waals surface area contributed by atoms with E-state index in [1.165, 1.54) is 31.7 Å². The van der Waals surface area contributed by atoms with Crippen molar-refractivity contribution < 1.29 is 43.8 Å². The van der Waals surface area contributed by atoms with Crippen LogP contribution in [0.2, 0.25) is 0 Å². The van der Waals surface area contributed by atoms with Gasteiger partial charge in [0, 0.05) is 24.2 Å². The van der Waals surface area contributed by atoms with Crippen LogP contribution in [-0.2, 0) is 33.5 Å². The predicted molar refractivity (Wildman–Crippen MR) is 120 cm³/mol. The Kier molecular flexibility index (Phi) is 7.30. The number of aromatic nitrogens is 2. The van der Waals surface area contributed by atoms with Crippen LogP contribution in [0, 0.1) is 5.92 Å². The molecule has 0 spiro atoms. The third-order valence-electron chi connectivity index (χ3n) is 4.75. The Morgan fingerprint density at radius 3 is 2.57 bits per heavy atom. The van der Waals surface area contributed by atoms with Crippen molar-refractivity contribution in [3.63, 3.8) is 0 Å². The number of thioether (sulfide) groups is 1. The fraction of sp³-hybridized carbons (Fsp3) is 0.444. The molecule has 0 radical (unpaired) electrons. The molecule has 2 aliphatic heterocycles. The summed E-state index contributed by atoms with van der Waals surface area (Å²) in [6, 6.07) is 0. The van der Waals surface area contributed by atoms with Gasteiger partial charge in [-0.3, -0.25) is 19.3 Å². The Morgan fingerprint density at radius 1 is 1.34 bits per heavy atom. The summed E-state index contributed by atoms with van der Waals surface area (Å²) in [5.74, 6) is -6.36. The Hall–Kier alpha value is -3.73. The van der Waals surface area contributed by atoms with Crippen molar-refractivity contribution in [2.75, 3.05) is 11.5 Å². The number of anilines is 1. The zero-order valence-corrected chi connectivity index (χ0v) is 20.1. The van der Waals surface area contributed by atoms with Crippen LogP contribution in [-0.4, -0.2) is 82.9 Å². The van der Waals surface area contributed by atoms with Gasteiger partial charge in [0.1, 0.15) is 17.0 Å². The van der Waals surface area contributed by atoms with E-state index in [4.69, 9.17) is 15.3 Å². The van der Waals surface area contributed by atoms with Crippen molar-refractivity contribution in [1.29, 1.82) is 0 Å². The highest BCUT2D eigenvalue weighted by Crippen LogP contribution is 2.43. The second-order valence-electron chi connectivity index (χ2n) is 7.66. The van der Waals surface area contributed by atoms with Crippen LogP contribution < -0.4 is 11.1 Å². The molecular formula is C18H20N6O9S2. The van der Waals surface area contributed by atoms with Crippen molar-refractivity contribution in [3.8, 4) is 0 Å². The van der Waals surface area contributed by atoms with E-state index in [1.807, 2.05) is 0 Å². The molecule has 5 N–H and O–H groups in total. The van der Waals surface area contributed by atoms with E-state index in [9.17, 15) is 34.2 Å². The summed E-state index contributed by atoms with van der Waals surface area (Å²) in [6.07, 6.45) is -0.134. The number of carbonyl (C=O) groups is 5. The molecule has 35 heavy (non-hydrogen) atoms. The number of oxime groups is 1. The first kappa shape index (κ1) is 25.9. The zero-order chi connectivity index (χ0) is 26.1. The molecule has 17 heteroatoms.